The molecule has 0 saturated heterocycles. The molecule has 5 heteroatoms. The minimum absolute atomic E-state index is 0.477. The Kier molecular flexibility index (Phi) is 4.29. The Balaban J connectivity index is 1.83. The number of aliphatic hydroxyl groups is 1. The van der Waals surface area contributed by atoms with E-state index in [1.54, 1.807) is 18.0 Å². The van der Waals surface area contributed by atoms with E-state index in [0.717, 1.165) is 5.56 Å². The summed E-state index contributed by atoms with van der Waals surface area (Å²) in [5, 5.41) is 15.3. The van der Waals surface area contributed by atoms with E-state index in [1.807, 2.05) is 12.1 Å². The molecule has 1 aromatic carbocycles. The van der Waals surface area contributed by atoms with Crippen molar-refractivity contribution in [2.45, 2.75) is 31.4 Å². The maximum Gasteiger partial charge on any atom is 0.122 e. The van der Waals surface area contributed by atoms with Crippen molar-refractivity contribution in [3.63, 3.8) is 0 Å². The average molecular weight is 307 g/mol. The van der Waals surface area contributed by atoms with Gasteiger partial charge in [-0.3, -0.25) is 4.68 Å². The number of ether oxygens (including phenoxy) is 1. The molecule has 0 radical (unpaired) electrons. The van der Waals surface area contributed by atoms with E-state index < -0.39 is 6.10 Å². The summed E-state index contributed by atoms with van der Waals surface area (Å²) < 4.78 is 6.76. The third-order valence-corrected chi connectivity index (χ3v) is 4.19. The average Bonchev–Trinajstić information content (AvgIpc) is 3.29. The van der Waals surface area contributed by atoms with E-state index in [0.29, 0.717) is 29.8 Å². The highest BCUT2D eigenvalue weighted by atomic mass is 35.5. The van der Waals surface area contributed by atoms with E-state index in [2.05, 4.69) is 17.2 Å². The maximum absolute atomic E-state index is 10.6. The van der Waals surface area contributed by atoms with Crippen molar-refractivity contribution >= 4 is 11.6 Å². The van der Waals surface area contributed by atoms with E-state index in [9.17, 15) is 5.11 Å². The van der Waals surface area contributed by atoms with Crippen molar-refractivity contribution in [1.29, 1.82) is 0 Å². The predicted octanol–water partition coefficient (Wildman–Crippen LogP) is 3.14. The molecule has 1 atom stereocenters. The number of hydrogen-bond acceptors (Lipinski definition) is 3. The van der Waals surface area contributed by atoms with Crippen LogP contribution in [0.4, 0.5) is 0 Å². The molecule has 1 saturated carbocycles. The number of nitrogens with zero attached hydrogens (tertiary/aromatic N) is 2. The minimum atomic E-state index is -0.773. The zero-order valence-corrected chi connectivity index (χ0v) is 12.8. The van der Waals surface area contributed by atoms with Gasteiger partial charge in [0.15, 0.2) is 0 Å². The Morgan fingerprint density at radius 1 is 1.38 bits per heavy atom. The second kappa shape index (κ2) is 6.18. The first kappa shape index (κ1) is 14.6. The zero-order valence-electron chi connectivity index (χ0n) is 12.0. The Morgan fingerprint density at radius 2 is 2.10 bits per heavy atom. The summed E-state index contributed by atoms with van der Waals surface area (Å²) in [5.74, 6) is 0.715. The number of aromatic nitrogens is 2. The first-order chi connectivity index (χ1) is 10.2. The van der Waals surface area contributed by atoms with E-state index in [4.69, 9.17) is 16.3 Å². The van der Waals surface area contributed by atoms with Gasteiger partial charge in [0.1, 0.15) is 6.10 Å². The normalized spacial score (nSPS) is 16.1. The lowest BCUT2D eigenvalue weighted by atomic mass is 10.0. The topological polar surface area (TPSA) is 47.3 Å². The van der Waals surface area contributed by atoms with Crippen molar-refractivity contribution in [3.8, 4) is 0 Å². The molecule has 1 unspecified atom stereocenters. The van der Waals surface area contributed by atoms with E-state index >= 15 is 0 Å². The molecule has 1 aromatic heterocycles. The van der Waals surface area contributed by atoms with Gasteiger partial charge in [-0.2, -0.15) is 5.10 Å². The lowest BCUT2D eigenvalue weighted by Gasteiger charge is -2.15. The molecule has 0 amide bonds. The highest BCUT2D eigenvalue weighted by Gasteiger charge is 2.24. The van der Waals surface area contributed by atoms with Gasteiger partial charge in [0.2, 0.25) is 0 Å². The van der Waals surface area contributed by atoms with Crippen LogP contribution in [0.1, 0.15) is 41.7 Å². The Labute approximate surface area is 129 Å². The highest BCUT2D eigenvalue weighted by molar-refractivity contribution is 6.31. The third kappa shape index (κ3) is 3.12. The number of halogens is 1. The zero-order chi connectivity index (χ0) is 14.8. The molecule has 1 aliphatic rings. The van der Waals surface area contributed by atoms with Crippen LogP contribution in [0.3, 0.4) is 0 Å². The Bertz CT molecular complexity index is 605. The minimum Gasteiger partial charge on any atom is -0.383 e. The van der Waals surface area contributed by atoms with Crippen molar-refractivity contribution in [1.82, 2.24) is 9.78 Å². The molecule has 1 fully saturated rings. The van der Waals surface area contributed by atoms with E-state index in [-0.39, 0.29) is 0 Å². The van der Waals surface area contributed by atoms with Gasteiger partial charge >= 0.3 is 0 Å². The molecule has 1 N–H and O–H groups in total. The van der Waals surface area contributed by atoms with Crippen molar-refractivity contribution in [2.24, 2.45) is 0 Å². The summed E-state index contributed by atoms with van der Waals surface area (Å²) in [6, 6.07) is 8.14. The predicted molar refractivity (Wildman–Crippen MR) is 81.6 cm³/mol. The first-order valence-electron chi connectivity index (χ1n) is 7.18. The summed E-state index contributed by atoms with van der Waals surface area (Å²) in [7, 11) is 1.64. The molecule has 21 heavy (non-hydrogen) atoms. The summed E-state index contributed by atoms with van der Waals surface area (Å²) in [4.78, 5) is 0. The van der Waals surface area contributed by atoms with Crippen LogP contribution in [-0.4, -0.2) is 28.6 Å². The quantitative estimate of drug-likeness (QED) is 0.892. The number of benzene rings is 1. The number of aliphatic hydroxyl groups excluding tert-OH is 1. The highest BCUT2D eigenvalue weighted by Crippen LogP contribution is 2.40. The van der Waals surface area contributed by atoms with Crippen LogP contribution in [0.2, 0.25) is 5.02 Å². The molecule has 0 bridgehead atoms. The fourth-order valence-electron chi connectivity index (χ4n) is 2.52. The summed E-state index contributed by atoms with van der Waals surface area (Å²) in [6.07, 6.45) is 3.34. The standard InChI is InChI=1S/C16H19ClN2O2/c1-21-9-8-19-15(14(17)10-18-19)16(20)13-6-4-12(5-7-13)11-2-3-11/h4-7,10-11,16,20H,2-3,8-9H2,1H3. The van der Waals surface area contributed by atoms with Gasteiger partial charge in [0, 0.05) is 7.11 Å². The summed E-state index contributed by atoms with van der Waals surface area (Å²) in [6.45, 7) is 1.09. The molecule has 2 aromatic rings. The van der Waals surface area contributed by atoms with Crippen LogP contribution < -0.4 is 0 Å². The summed E-state index contributed by atoms with van der Waals surface area (Å²) in [5.41, 5.74) is 2.80. The second-order valence-corrected chi connectivity index (χ2v) is 5.84. The van der Waals surface area contributed by atoms with Crippen molar-refractivity contribution < 1.29 is 9.84 Å². The van der Waals surface area contributed by atoms with Crippen LogP contribution in [-0.2, 0) is 11.3 Å². The van der Waals surface area contributed by atoms with Crippen molar-refractivity contribution in [2.75, 3.05) is 13.7 Å². The van der Waals surface area contributed by atoms with Crippen LogP contribution in [0.5, 0.6) is 0 Å². The molecule has 112 valence electrons. The fourth-order valence-corrected chi connectivity index (χ4v) is 2.77. The monoisotopic (exact) mass is 306 g/mol. The SMILES string of the molecule is COCCn1ncc(Cl)c1C(O)c1ccc(C2CC2)cc1. The van der Waals surface area contributed by atoms with Crippen LogP contribution in [0.15, 0.2) is 30.5 Å². The number of rotatable bonds is 6. The lowest BCUT2D eigenvalue weighted by molar-refractivity contribution is 0.171. The molecule has 0 spiro atoms. The number of hydrogen-bond donors (Lipinski definition) is 1. The molecule has 1 heterocycles. The lowest BCUT2D eigenvalue weighted by Crippen LogP contribution is -2.13. The van der Waals surface area contributed by atoms with Gasteiger partial charge < -0.3 is 9.84 Å². The van der Waals surface area contributed by atoms with Crippen molar-refractivity contribution in [3.05, 3.63) is 52.3 Å². The van der Waals surface area contributed by atoms with Gasteiger partial charge in [0.05, 0.1) is 30.1 Å². The third-order valence-electron chi connectivity index (χ3n) is 3.90. The number of methoxy groups -OCH3 is 1. The Morgan fingerprint density at radius 3 is 2.71 bits per heavy atom. The van der Waals surface area contributed by atoms with Gasteiger partial charge in [-0.05, 0) is 29.9 Å². The molecule has 4 nitrogen and oxygen atoms in total. The second-order valence-electron chi connectivity index (χ2n) is 5.44. The fraction of sp³-hybridized carbons (Fsp3) is 0.438. The van der Waals surface area contributed by atoms with Gasteiger partial charge in [-0.15, -0.1) is 0 Å². The molecule has 1 aliphatic carbocycles. The molecular weight excluding hydrogens is 288 g/mol. The van der Waals surface area contributed by atoms with Gasteiger partial charge in [-0.1, -0.05) is 35.9 Å². The van der Waals surface area contributed by atoms with Gasteiger partial charge in [-0.25, -0.2) is 0 Å². The molecule has 3 rings (SSSR count). The molecule has 0 aliphatic heterocycles. The Hall–Kier alpha value is -1.36. The smallest absolute Gasteiger partial charge is 0.122 e. The molecular formula is C16H19ClN2O2. The largest absolute Gasteiger partial charge is 0.383 e. The first-order valence-corrected chi connectivity index (χ1v) is 7.56. The maximum atomic E-state index is 10.6. The van der Waals surface area contributed by atoms with Gasteiger partial charge in [0.25, 0.3) is 0 Å². The van der Waals surface area contributed by atoms with Crippen LogP contribution in [0.25, 0.3) is 0 Å². The van der Waals surface area contributed by atoms with Crippen LogP contribution in [0, 0.1) is 0 Å². The van der Waals surface area contributed by atoms with Crippen LogP contribution >= 0.6 is 11.6 Å². The van der Waals surface area contributed by atoms with E-state index in [1.165, 1.54) is 18.4 Å². The summed E-state index contributed by atoms with van der Waals surface area (Å²) >= 11 is 6.18.